The Kier molecular flexibility index (Phi) is 5.10. The van der Waals surface area contributed by atoms with Gasteiger partial charge in [-0.05, 0) is 83.0 Å². The van der Waals surface area contributed by atoms with E-state index in [2.05, 4.69) is 131 Å². The highest BCUT2D eigenvalue weighted by Crippen LogP contribution is 2.39. The summed E-state index contributed by atoms with van der Waals surface area (Å²) in [6.07, 6.45) is 0. The van der Waals surface area contributed by atoms with Gasteiger partial charge in [0.25, 0.3) is 0 Å². The lowest BCUT2D eigenvalue weighted by Crippen LogP contribution is -2.41. The van der Waals surface area contributed by atoms with Crippen LogP contribution in [0.3, 0.4) is 0 Å². The average Bonchev–Trinajstić information content (AvgIpc) is 3.09. The quantitative estimate of drug-likeness (QED) is 0.260. The second kappa shape index (κ2) is 8.08. The van der Waals surface area contributed by atoms with Gasteiger partial charge in [0.15, 0.2) is 0 Å². The van der Waals surface area contributed by atoms with E-state index in [1.54, 1.807) is 0 Å². The monoisotopic (exact) mass is 456 g/mol. The van der Waals surface area contributed by atoms with Crippen LogP contribution >= 0.6 is 0 Å². The van der Waals surface area contributed by atoms with Crippen molar-refractivity contribution in [3.05, 3.63) is 103 Å². The number of benzene rings is 5. The zero-order chi connectivity index (χ0) is 24.2. The first-order chi connectivity index (χ1) is 16.8. The van der Waals surface area contributed by atoms with E-state index in [4.69, 9.17) is 9.31 Å². The van der Waals surface area contributed by atoms with Gasteiger partial charge in [-0.2, -0.15) is 0 Å². The first kappa shape index (κ1) is 22.1. The Bertz CT molecular complexity index is 1550. The largest absolute Gasteiger partial charge is 0.494 e. The van der Waals surface area contributed by atoms with Gasteiger partial charge in [-0.1, -0.05) is 97.1 Å². The fraction of sp³-hybridized carbons (Fsp3) is 0.188. The maximum absolute atomic E-state index is 6.34. The first-order valence-electron chi connectivity index (χ1n) is 12.3. The molecular formula is C32H29BO2. The lowest BCUT2D eigenvalue weighted by molar-refractivity contribution is 0.00578. The Morgan fingerprint density at radius 1 is 0.514 bits per heavy atom. The van der Waals surface area contributed by atoms with Crippen molar-refractivity contribution in [3.8, 4) is 22.3 Å². The molecule has 1 aliphatic rings. The minimum atomic E-state index is -0.380. The Labute approximate surface area is 207 Å². The van der Waals surface area contributed by atoms with Gasteiger partial charge in [-0.25, -0.2) is 0 Å². The molecule has 5 aromatic carbocycles. The summed E-state index contributed by atoms with van der Waals surface area (Å²) in [4.78, 5) is 0. The topological polar surface area (TPSA) is 18.5 Å². The molecule has 0 saturated carbocycles. The molecule has 172 valence electrons. The molecular weight excluding hydrogens is 427 g/mol. The van der Waals surface area contributed by atoms with Crippen molar-refractivity contribution in [3.63, 3.8) is 0 Å². The molecule has 3 heteroatoms. The molecule has 0 N–H and O–H groups in total. The molecule has 1 fully saturated rings. The fourth-order valence-corrected chi connectivity index (χ4v) is 5.01. The van der Waals surface area contributed by atoms with Crippen LogP contribution < -0.4 is 5.46 Å². The van der Waals surface area contributed by atoms with Crippen molar-refractivity contribution in [1.29, 1.82) is 0 Å². The van der Waals surface area contributed by atoms with Crippen LogP contribution in [0.15, 0.2) is 103 Å². The fourth-order valence-electron chi connectivity index (χ4n) is 5.01. The van der Waals surface area contributed by atoms with E-state index >= 15 is 0 Å². The summed E-state index contributed by atoms with van der Waals surface area (Å²) < 4.78 is 12.7. The van der Waals surface area contributed by atoms with Crippen molar-refractivity contribution < 1.29 is 9.31 Å². The van der Waals surface area contributed by atoms with E-state index in [0.717, 1.165) is 11.0 Å². The second-order valence-corrected chi connectivity index (χ2v) is 10.5. The number of fused-ring (bicyclic) bond motifs is 2. The van der Waals surface area contributed by atoms with Gasteiger partial charge in [-0.3, -0.25) is 0 Å². The van der Waals surface area contributed by atoms with E-state index in [1.807, 2.05) is 0 Å². The molecule has 0 bridgehead atoms. The van der Waals surface area contributed by atoms with Crippen LogP contribution in [-0.2, 0) is 9.31 Å². The van der Waals surface area contributed by atoms with Crippen molar-refractivity contribution in [2.75, 3.05) is 0 Å². The summed E-state index contributed by atoms with van der Waals surface area (Å²) in [5.74, 6) is 0. The predicted molar refractivity (Wildman–Crippen MR) is 148 cm³/mol. The Balaban J connectivity index is 1.49. The molecule has 1 heterocycles. The standard InChI is InChI=1S/C32H29BO2/c1-31(2)32(3,4)35-33(34-31)27-15-7-14-25(21-27)28-16-8-12-23-13-9-17-29(30(23)28)26-19-18-22-10-5-6-11-24(22)20-26/h5-21H,1-4H3. The van der Waals surface area contributed by atoms with E-state index in [-0.39, 0.29) is 18.3 Å². The maximum Gasteiger partial charge on any atom is 0.494 e. The van der Waals surface area contributed by atoms with E-state index < -0.39 is 0 Å². The SMILES string of the molecule is CC1(C)OB(c2cccc(-c3cccc4cccc(-c5ccc6ccccc6c5)c34)c2)OC1(C)C. The zero-order valence-electron chi connectivity index (χ0n) is 20.7. The van der Waals surface area contributed by atoms with Crippen molar-refractivity contribution in [2.24, 2.45) is 0 Å². The smallest absolute Gasteiger partial charge is 0.399 e. The number of rotatable bonds is 3. The van der Waals surface area contributed by atoms with Crippen LogP contribution in [0.4, 0.5) is 0 Å². The molecule has 0 aliphatic carbocycles. The van der Waals surface area contributed by atoms with Gasteiger partial charge < -0.3 is 9.31 Å². The summed E-state index contributed by atoms with van der Waals surface area (Å²) in [5.41, 5.74) is 5.16. The average molecular weight is 456 g/mol. The van der Waals surface area contributed by atoms with Gasteiger partial charge in [-0.15, -0.1) is 0 Å². The van der Waals surface area contributed by atoms with Crippen LogP contribution in [-0.4, -0.2) is 18.3 Å². The van der Waals surface area contributed by atoms with Crippen molar-refractivity contribution in [2.45, 2.75) is 38.9 Å². The Morgan fingerprint density at radius 2 is 1.09 bits per heavy atom. The molecule has 5 aromatic rings. The van der Waals surface area contributed by atoms with E-state index in [9.17, 15) is 0 Å². The Hall–Kier alpha value is -3.40. The lowest BCUT2D eigenvalue weighted by Gasteiger charge is -2.32. The third-order valence-corrected chi connectivity index (χ3v) is 7.69. The van der Waals surface area contributed by atoms with Gasteiger partial charge in [0, 0.05) is 0 Å². The molecule has 0 unspecified atom stereocenters. The summed E-state index contributed by atoms with van der Waals surface area (Å²) in [6.45, 7) is 8.38. The van der Waals surface area contributed by atoms with E-state index in [1.165, 1.54) is 38.2 Å². The first-order valence-corrected chi connectivity index (χ1v) is 12.3. The summed E-state index contributed by atoms with van der Waals surface area (Å²) in [5, 5.41) is 5.00. The lowest BCUT2D eigenvalue weighted by atomic mass is 9.77. The summed E-state index contributed by atoms with van der Waals surface area (Å²) in [6, 6.07) is 37.0. The third kappa shape index (κ3) is 3.76. The molecule has 35 heavy (non-hydrogen) atoms. The third-order valence-electron chi connectivity index (χ3n) is 7.69. The molecule has 0 amide bonds. The van der Waals surface area contributed by atoms with Crippen LogP contribution in [0, 0.1) is 0 Å². The van der Waals surface area contributed by atoms with E-state index in [0.29, 0.717) is 0 Å². The molecule has 0 aromatic heterocycles. The molecule has 6 rings (SSSR count). The minimum Gasteiger partial charge on any atom is -0.399 e. The maximum atomic E-state index is 6.34. The zero-order valence-corrected chi connectivity index (χ0v) is 20.7. The normalized spacial score (nSPS) is 16.7. The van der Waals surface area contributed by atoms with Gasteiger partial charge in [0.2, 0.25) is 0 Å². The summed E-state index contributed by atoms with van der Waals surface area (Å²) in [7, 11) is -0.380. The predicted octanol–water partition coefficient (Wildman–Crippen LogP) is 7.63. The summed E-state index contributed by atoms with van der Waals surface area (Å²) >= 11 is 0. The molecule has 1 saturated heterocycles. The highest BCUT2D eigenvalue weighted by atomic mass is 16.7. The second-order valence-electron chi connectivity index (χ2n) is 10.5. The molecule has 1 aliphatic heterocycles. The highest BCUT2D eigenvalue weighted by Gasteiger charge is 2.51. The molecule has 2 nitrogen and oxygen atoms in total. The van der Waals surface area contributed by atoms with Gasteiger partial charge in [0.1, 0.15) is 0 Å². The van der Waals surface area contributed by atoms with Crippen LogP contribution in [0.1, 0.15) is 27.7 Å². The molecule has 0 radical (unpaired) electrons. The number of hydrogen-bond acceptors (Lipinski definition) is 2. The number of hydrogen-bond donors (Lipinski definition) is 0. The van der Waals surface area contributed by atoms with Crippen molar-refractivity contribution in [1.82, 2.24) is 0 Å². The van der Waals surface area contributed by atoms with Crippen LogP contribution in [0.25, 0.3) is 43.8 Å². The van der Waals surface area contributed by atoms with Crippen LogP contribution in [0.5, 0.6) is 0 Å². The van der Waals surface area contributed by atoms with Crippen LogP contribution in [0.2, 0.25) is 0 Å². The van der Waals surface area contributed by atoms with Crippen molar-refractivity contribution >= 4 is 34.1 Å². The highest BCUT2D eigenvalue weighted by molar-refractivity contribution is 6.62. The Morgan fingerprint density at radius 3 is 1.77 bits per heavy atom. The minimum absolute atomic E-state index is 0.365. The van der Waals surface area contributed by atoms with Gasteiger partial charge >= 0.3 is 7.12 Å². The van der Waals surface area contributed by atoms with Gasteiger partial charge in [0.05, 0.1) is 11.2 Å². The molecule has 0 atom stereocenters. The molecule has 0 spiro atoms.